The molecule has 0 aromatic carbocycles. The number of nitrogens with zero attached hydrogens (tertiary/aromatic N) is 2. The van der Waals surface area contributed by atoms with E-state index < -0.39 is 0 Å². The van der Waals surface area contributed by atoms with Crippen LogP contribution in [0.2, 0.25) is 0 Å². The summed E-state index contributed by atoms with van der Waals surface area (Å²) in [5.74, 6) is 1.03. The zero-order valence-corrected chi connectivity index (χ0v) is 10.1. The van der Waals surface area contributed by atoms with Gasteiger partial charge in [-0.2, -0.15) is 0 Å². The second kappa shape index (κ2) is 4.12. The number of piperazine rings is 1. The number of carbonyl (C=O) groups excluding carboxylic acids is 1. The normalized spacial score (nSPS) is 33.3. The van der Waals surface area contributed by atoms with Gasteiger partial charge < -0.3 is 4.90 Å². The first kappa shape index (κ1) is 10.9. The van der Waals surface area contributed by atoms with Crippen molar-refractivity contribution in [1.29, 1.82) is 0 Å². The summed E-state index contributed by atoms with van der Waals surface area (Å²) in [7, 11) is 0. The van der Waals surface area contributed by atoms with E-state index >= 15 is 0 Å². The highest BCUT2D eigenvalue weighted by atomic mass is 16.2. The standard InChI is InChI=1S/C12H22N2O/c1-9(2)13-7-11-5-4-10(3)6-14(11)12(15)8-13/h9-11H,4-8H2,1-3H3/t10?,11-/m1/s1. The highest BCUT2D eigenvalue weighted by Crippen LogP contribution is 2.25. The summed E-state index contributed by atoms with van der Waals surface area (Å²) in [6.45, 7) is 9.29. The SMILES string of the molecule is CC1CC[C@@H]2CN(C(C)C)CC(=O)N2C1. The van der Waals surface area contributed by atoms with Crippen molar-refractivity contribution >= 4 is 5.91 Å². The Kier molecular flexibility index (Phi) is 3.01. The molecule has 2 heterocycles. The molecule has 2 fully saturated rings. The Morgan fingerprint density at radius 2 is 2.00 bits per heavy atom. The van der Waals surface area contributed by atoms with Crippen molar-refractivity contribution in [2.75, 3.05) is 19.6 Å². The van der Waals surface area contributed by atoms with Crippen LogP contribution in [-0.4, -0.2) is 47.4 Å². The lowest BCUT2D eigenvalue weighted by molar-refractivity contribution is -0.143. The Morgan fingerprint density at radius 1 is 1.27 bits per heavy atom. The van der Waals surface area contributed by atoms with E-state index in [0.29, 0.717) is 30.5 Å². The highest BCUT2D eigenvalue weighted by molar-refractivity contribution is 5.79. The predicted octanol–water partition coefficient (Wildman–Crippen LogP) is 1.34. The summed E-state index contributed by atoms with van der Waals surface area (Å²) in [4.78, 5) is 16.4. The summed E-state index contributed by atoms with van der Waals surface area (Å²) < 4.78 is 0. The third-order valence-electron chi connectivity index (χ3n) is 3.78. The number of carbonyl (C=O) groups is 1. The molecule has 3 heteroatoms. The van der Waals surface area contributed by atoms with Crippen molar-refractivity contribution in [3.05, 3.63) is 0 Å². The Hall–Kier alpha value is -0.570. The molecule has 3 nitrogen and oxygen atoms in total. The summed E-state index contributed by atoms with van der Waals surface area (Å²) >= 11 is 0. The molecule has 2 rings (SSSR count). The summed E-state index contributed by atoms with van der Waals surface area (Å²) in [6.07, 6.45) is 2.47. The zero-order valence-electron chi connectivity index (χ0n) is 10.1. The predicted molar refractivity (Wildman–Crippen MR) is 60.6 cm³/mol. The van der Waals surface area contributed by atoms with Crippen LogP contribution in [0.4, 0.5) is 0 Å². The third kappa shape index (κ3) is 2.17. The lowest BCUT2D eigenvalue weighted by Crippen LogP contribution is -2.60. The van der Waals surface area contributed by atoms with Crippen molar-refractivity contribution in [2.45, 2.75) is 45.7 Å². The van der Waals surface area contributed by atoms with Crippen LogP contribution in [0.3, 0.4) is 0 Å². The summed E-state index contributed by atoms with van der Waals surface area (Å²) in [6, 6.07) is 0.986. The van der Waals surface area contributed by atoms with Crippen molar-refractivity contribution in [3.63, 3.8) is 0 Å². The fraction of sp³-hybridized carbons (Fsp3) is 0.917. The van der Waals surface area contributed by atoms with Gasteiger partial charge in [-0.3, -0.25) is 9.69 Å². The minimum atomic E-state index is 0.339. The van der Waals surface area contributed by atoms with Gasteiger partial charge in [0, 0.05) is 25.2 Å². The largest absolute Gasteiger partial charge is 0.337 e. The van der Waals surface area contributed by atoms with Crippen LogP contribution in [0.1, 0.15) is 33.6 Å². The topological polar surface area (TPSA) is 23.6 Å². The molecule has 2 atom stereocenters. The second-order valence-electron chi connectivity index (χ2n) is 5.41. The molecule has 1 unspecified atom stereocenters. The van der Waals surface area contributed by atoms with Crippen molar-refractivity contribution in [3.8, 4) is 0 Å². The van der Waals surface area contributed by atoms with Gasteiger partial charge in [0.15, 0.2) is 0 Å². The Balaban J connectivity index is 2.04. The van der Waals surface area contributed by atoms with E-state index in [1.807, 2.05) is 0 Å². The maximum atomic E-state index is 12.0. The van der Waals surface area contributed by atoms with Gasteiger partial charge in [0.05, 0.1) is 6.54 Å². The van der Waals surface area contributed by atoms with Gasteiger partial charge in [-0.05, 0) is 32.6 Å². The van der Waals surface area contributed by atoms with Crippen LogP contribution in [0, 0.1) is 5.92 Å². The fourth-order valence-electron chi connectivity index (χ4n) is 2.70. The number of hydrogen-bond donors (Lipinski definition) is 0. The lowest BCUT2D eigenvalue weighted by Gasteiger charge is -2.46. The fourth-order valence-corrected chi connectivity index (χ4v) is 2.70. The lowest BCUT2D eigenvalue weighted by atomic mass is 9.92. The molecular weight excluding hydrogens is 188 g/mol. The van der Waals surface area contributed by atoms with Crippen LogP contribution in [0.5, 0.6) is 0 Å². The first-order chi connectivity index (χ1) is 7.08. The van der Waals surface area contributed by atoms with Gasteiger partial charge in [-0.15, -0.1) is 0 Å². The van der Waals surface area contributed by atoms with Crippen LogP contribution in [0.25, 0.3) is 0 Å². The Labute approximate surface area is 92.4 Å². The van der Waals surface area contributed by atoms with Crippen LogP contribution < -0.4 is 0 Å². The molecule has 0 aromatic heterocycles. The van der Waals surface area contributed by atoms with Gasteiger partial charge in [0.1, 0.15) is 0 Å². The average Bonchev–Trinajstić information content (AvgIpc) is 2.18. The second-order valence-corrected chi connectivity index (χ2v) is 5.41. The molecule has 0 bridgehead atoms. The minimum Gasteiger partial charge on any atom is -0.337 e. The van der Waals surface area contributed by atoms with Gasteiger partial charge in [-0.1, -0.05) is 6.92 Å². The number of amides is 1. The first-order valence-electron chi connectivity index (χ1n) is 6.11. The monoisotopic (exact) mass is 210 g/mol. The molecule has 15 heavy (non-hydrogen) atoms. The molecule has 0 spiro atoms. The van der Waals surface area contributed by atoms with Gasteiger partial charge in [0.25, 0.3) is 0 Å². The van der Waals surface area contributed by atoms with E-state index in [1.165, 1.54) is 12.8 Å². The molecule has 0 aliphatic carbocycles. The molecule has 0 aromatic rings. The minimum absolute atomic E-state index is 0.339. The van der Waals surface area contributed by atoms with E-state index in [0.717, 1.165) is 13.1 Å². The molecular formula is C12H22N2O. The maximum Gasteiger partial charge on any atom is 0.237 e. The maximum absolute atomic E-state index is 12.0. The van der Waals surface area contributed by atoms with Gasteiger partial charge in [-0.25, -0.2) is 0 Å². The Morgan fingerprint density at radius 3 is 2.67 bits per heavy atom. The first-order valence-corrected chi connectivity index (χ1v) is 6.11. The van der Waals surface area contributed by atoms with E-state index in [-0.39, 0.29) is 0 Å². The quantitative estimate of drug-likeness (QED) is 0.652. The molecule has 2 saturated heterocycles. The summed E-state index contributed by atoms with van der Waals surface area (Å²) in [5.41, 5.74) is 0. The van der Waals surface area contributed by atoms with Crippen molar-refractivity contribution in [2.24, 2.45) is 5.92 Å². The van der Waals surface area contributed by atoms with Crippen LogP contribution in [-0.2, 0) is 4.79 Å². The smallest absolute Gasteiger partial charge is 0.237 e. The van der Waals surface area contributed by atoms with Gasteiger partial charge >= 0.3 is 0 Å². The third-order valence-corrected chi connectivity index (χ3v) is 3.78. The molecule has 1 amide bonds. The van der Waals surface area contributed by atoms with Crippen LogP contribution in [0.15, 0.2) is 0 Å². The highest BCUT2D eigenvalue weighted by Gasteiger charge is 2.36. The molecule has 0 radical (unpaired) electrons. The number of fused-ring (bicyclic) bond motifs is 1. The molecule has 86 valence electrons. The molecule has 2 aliphatic rings. The Bertz CT molecular complexity index is 252. The molecule has 2 aliphatic heterocycles. The zero-order chi connectivity index (χ0) is 11.0. The van der Waals surface area contributed by atoms with E-state index in [1.54, 1.807) is 0 Å². The van der Waals surface area contributed by atoms with Crippen LogP contribution >= 0.6 is 0 Å². The molecule has 0 saturated carbocycles. The van der Waals surface area contributed by atoms with E-state index in [2.05, 4.69) is 30.6 Å². The summed E-state index contributed by atoms with van der Waals surface area (Å²) in [5, 5.41) is 0. The van der Waals surface area contributed by atoms with Gasteiger partial charge in [0.2, 0.25) is 5.91 Å². The number of rotatable bonds is 1. The number of hydrogen-bond acceptors (Lipinski definition) is 2. The average molecular weight is 210 g/mol. The molecule has 0 N–H and O–H groups in total. The van der Waals surface area contributed by atoms with E-state index in [4.69, 9.17) is 0 Å². The van der Waals surface area contributed by atoms with E-state index in [9.17, 15) is 4.79 Å². The number of piperidine rings is 1. The van der Waals surface area contributed by atoms with Crippen molar-refractivity contribution < 1.29 is 4.79 Å². The van der Waals surface area contributed by atoms with Crippen molar-refractivity contribution in [1.82, 2.24) is 9.80 Å².